The summed E-state index contributed by atoms with van der Waals surface area (Å²) in [7, 11) is 0. The van der Waals surface area contributed by atoms with E-state index in [4.69, 9.17) is 10.5 Å². The number of rotatable bonds is 3. The maximum Gasteiger partial charge on any atom is 0.126 e. The van der Waals surface area contributed by atoms with E-state index in [2.05, 4.69) is 4.98 Å². The van der Waals surface area contributed by atoms with Crippen LogP contribution in [0.25, 0.3) is 11.3 Å². The molecule has 2 heterocycles. The van der Waals surface area contributed by atoms with E-state index in [1.807, 2.05) is 5.38 Å². The summed E-state index contributed by atoms with van der Waals surface area (Å²) in [5, 5.41) is 2.75. The van der Waals surface area contributed by atoms with E-state index in [0.717, 1.165) is 23.9 Å². The fraction of sp³-hybridized carbons (Fsp3) is 0.400. The van der Waals surface area contributed by atoms with Crippen molar-refractivity contribution in [1.82, 2.24) is 4.98 Å². The molecule has 1 aromatic carbocycles. The van der Waals surface area contributed by atoms with Crippen LogP contribution in [0.2, 0.25) is 0 Å². The van der Waals surface area contributed by atoms with Crippen LogP contribution in [0.4, 0.5) is 8.78 Å². The molecule has 0 aliphatic carbocycles. The number of thiazole rings is 1. The SMILES string of the molecule is NCC1(c2nc(-c3cc(F)cc(F)c3)cs2)CCOCC1. The molecule has 3 rings (SSSR count). The average Bonchev–Trinajstić information content (AvgIpc) is 2.97. The number of hydrogen-bond donors (Lipinski definition) is 1. The quantitative estimate of drug-likeness (QED) is 0.947. The molecule has 0 bridgehead atoms. The fourth-order valence-corrected chi connectivity index (χ4v) is 3.72. The predicted octanol–water partition coefficient (Wildman–Crippen LogP) is 3.10. The second-order valence-corrected chi connectivity index (χ2v) is 6.15. The molecule has 3 nitrogen and oxygen atoms in total. The van der Waals surface area contributed by atoms with Gasteiger partial charge < -0.3 is 10.5 Å². The van der Waals surface area contributed by atoms with Crippen molar-refractivity contribution < 1.29 is 13.5 Å². The lowest BCUT2D eigenvalue weighted by Gasteiger charge is -2.34. The minimum atomic E-state index is -0.598. The Morgan fingerprint density at radius 1 is 1.19 bits per heavy atom. The van der Waals surface area contributed by atoms with E-state index in [1.54, 1.807) is 0 Å². The average molecular weight is 310 g/mol. The molecule has 6 heteroatoms. The van der Waals surface area contributed by atoms with Crippen LogP contribution in [0.3, 0.4) is 0 Å². The molecule has 0 radical (unpaired) electrons. The largest absolute Gasteiger partial charge is 0.381 e. The van der Waals surface area contributed by atoms with Gasteiger partial charge in [0.1, 0.15) is 16.6 Å². The van der Waals surface area contributed by atoms with Crippen LogP contribution in [0, 0.1) is 11.6 Å². The minimum Gasteiger partial charge on any atom is -0.381 e. The third-order valence-electron chi connectivity index (χ3n) is 3.96. The highest BCUT2D eigenvalue weighted by Gasteiger charge is 2.36. The zero-order chi connectivity index (χ0) is 14.9. The monoisotopic (exact) mass is 310 g/mol. The van der Waals surface area contributed by atoms with Crippen molar-refractivity contribution in [3.05, 3.63) is 40.2 Å². The molecule has 0 saturated carbocycles. The Balaban J connectivity index is 1.95. The van der Waals surface area contributed by atoms with Crippen LogP contribution in [0.5, 0.6) is 0 Å². The van der Waals surface area contributed by atoms with Crippen molar-refractivity contribution in [3.63, 3.8) is 0 Å². The van der Waals surface area contributed by atoms with Crippen molar-refractivity contribution >= 4 is 11.3 Å². The Kier molecular flexibility index (Phi) is 4.01. The van der Waals surface area contributed by atoms with Crippen LogP contribution in [0.15, 0.2) is 23.6 Å². The smallest absolute Gasteiger partial charge is 0.126 e. The highest BCUT2D eigenvalue weighted by atomic mass is 32.1. The lowest BCUT2D eigenvalue weighted by molar-refractivity contribution is 0.0529. The van der Waals surface area contributed by atoms with Gasteiger partial charge in [-0.3, -0.25) is 0 Å². The van der Waals surface area contributed by atoms with Gasteiger partial charge >= 0.3 is 0 Å². The van der Waals surface area contributed by atoms with Crippen molar-refractivity contribution in [1.29, 1.82) is 0 Å². The summed E-state index contributed by atoms with van der Waals surface area (Å²) >= 11 is 1.49. The van der Waals surface area contributed by atoms with Crippen LogP contribution in [-0.2, 0) is 10.2 Å². The molecule has 1 fully saturated rings. The topological polar surface area (TPSA) is 48.1 Å². The van der Waals surface area contributed by atoms with Crippen molar-refractivity contribution in [2.45, 2.75) is 18.3 Å². The maximum atomic E-state index is 13.3. The lowest BCUT2D eigenvalue weighted by atomic mass is 9.81. The zero-order valence-corrected chi connectivity index (χ0v) is 12.3. The molecular formula is C15H16F2N2OS. The molecule has 0 spiro atoms. The van der Waals surface area contributed by atoms with Gasteiger partial charge in [0.05, 0.1) is 5.69 Å². The standard InChI is InChI=1S/C15H16F2N2OS/c16-11-5-10(6-12(17)7-11)13-8-21-14(19-13)15(9-18)1-3-20-4-2-15/h5-8H,1-4,9,18H2. The predicted molar refractivity (Wildman–Crippen MR) is 78.3 cm³/mol. The summed E-state index contributed by atoms with van der Waals surface area (Å²) in [4.78, 5) is 4.58. The van der Waals surface area contributed by atoms with Crippen LogP contribution < -0.4 is 5.73 Å². The van der Waals surface area contributed by atoms with Crippen molar-refractivity contribution in [3.8, 4) is 11.3 Å². The molecule has 1 aromatic heterocycles. The first kappa shape index (κ1) is 14.6. The van der Waals surface area contributed by atoms with E-state index >= 15 is 0 Å². The van der Waals surface area contributed by atoms with Gasteiger partial charge in [-0.2, -0.15) is 0 Å². The van der Waals surface area contributed by atoms with Gasteiger partial charge in [0.15, 0.2) is 0 Å². The Morgan fingerprint density at radius 2 is 1.86 bits per heavy atom. The number of benzene rings is 1. The third kappa shape index (κ3) is 2.84. The molecule has 0 amide bonds. The molecule has 1 aliphatic heterocycles. The van der Waals surface area contributed by atoms with E-state index in [1.165, 1.54) is 23.5 Å². The van der Waals surface area contributed by atoms with Gasteiger partial charge in [-0.15, -0.1) is 11.3 Å². The number of halogens is 2. The number of hydrogen-bond acceptors (Lipinski definition) is 4. The number of nitrogens with two attached hydrogens (primary N) is 1. The summed E-state index contributed by atoms with van der Waals surface area (Å²) in [5.41, 5.74) is 6.83. The summed E-state index contributed by atoms with van der Waals surface area (Å²) in [6, 6.07) is 3.44. The summed E-state index contributed by atoms with van der Waals surface area (Å²) in [6.45, 7) is 1.84. The van der Waals surface area contributed by atoms with Gasteiger partial charge in [0, 0.05) is 42.2 Å². The van der Waals surface area contributed by atoms with Crippen LogP contribution >= 0.6 is 11.3 Å². The maximum absolute atomic E-state index is 13.3. The van der Waals surface area contributed by atoms with E-state index < -0.39 is 11.6 Å². The Labute approximate surface area is 125 Å². The van der Waals surface area contributed by atoms with Crippen molar-refractivity contribution in [2.24, 2.45) is 5.73 Å². The highest BCUT2D eigenvalue weighted by molar-refractivity contribution is 7.10. The molecule has 1 saturated heterocycles. The van der Waals surface area contributed by atoms with Crippen molar-refractivity contribution in [2.75, 3.05) is 19.8 Å². The van der Waals surface area contributed by atoms with Gasteiger partial charge in [0.2, 0.25) is 0 Å². The minimum absolute atomic E-state index is 0.174. The molecule has 0 atom stereocenters. The first-order valence-corrected chi connectivity index (χ1v) is 7.71. The molecule has 112 valence electrons. The third-order valence-corrected chi connectivity index (χ3v) is 5.05. The van der Waals surface area contributed by atoms with Crippen LogP contribution in [0.1, 0.15) is 17.8 Å². The van der Waals surface area contributed by atoms with E-state index in [0.29, 0.717) is 31.0 Å². The molecule has 21 heavy (non-hydrogen) atoms. The molecular weight excluding hydrogens is 294 g/mol. The Bertz CT molecular complexity index is 618. The summed E-state index contributed by atoms with van der Waals surface area (Å²) in [6.07, 6.45) is 1.65. The summed E-state index contributed by atoms with van der Waals surface area (Å²) < 4.78 is 32.0. The Morgan fingerprint density at radius 3 is 2.48 bits per heavy atom. The molecule has 2 N–H and O–H groups in total. The van der Waals surface area contributed by atoms with E-state index in [-0.39, 0.29) is 5.41 Å². The van der Waals surface area contributed by atoms with Gasteiger partial charge in [0.25, 0.3) is 0 Å². The fourth-order valence-electron chi connectivity index (χ4n) is 2.62. The first-order valence-electron chi connectivity index (χ1n) is 6.83. The first-order chi connectivity index (χ1) is 10.1. The number of aromatic nitrogens is 1. The zero-order valence-electron chi connectivity index (χ0n) is 11.4. The highest BCUT2D eigenvalue weighted by Crippen LogP contribution is 2.37. The molecule has 0 unspecified atom stereocenters. The lowest BCUT2D eigenvalue weighted by Crippen LogP contribution is -2.40. The summed E-state index contributed by atoms with van der Waals surface area (Å²) in [5.74, 6) is -1.20. The number of ether oxygens (including phenoxy) is 1. The second kappa shape index (κ2) is 5.79. The number of nitrogens with zero attached hydrogens (tertiary/aromatic N) is 1. The Hall–Kier alpha value is -1.37. The second-order valence-electron chi connectivity index (χ2n) is 5.29. The van der Waals surface area contributed by atoms with Crippen LogP contribution in [-0.4, -0.2) is 24.7 Å². The normalized spacial score (nSPS) is 17.9. The molecule has 1 aliphatic rings. The van der Waals surface area contributed by atoms with Gasteiger partial charge in [-0.05, 0) is 25.0 Å². The van der Waals surface area contributed by atoms with E-state index in [9.17, 15) is 8.78 Å². The van der Waals surface area contributed by atoms with Gasteiger partial charge in [-0.25, -0.2) is 13.8 Å². The molecule has 2 aromatic rings. The van der Waals surface area contributed by atoms with Gasteiger partial charge in [-0.1, -0.05) is 0 Å².